The summed E-state index contributed by atoms with van der Waals surface area (Å²) in [5, 5.41) is 0. The molecule has 0 radical (unpaired) electrons. The number of fused-ring (bicyclic) bond motifs is 5. The van der Waals surface area contributed by atoms with Crippen molar-refractivity contribution < 1.29 is 14.3 Å². The minimum Gasteiger partial charge on any atom is -0.469 e. The molecule has 8 atom stereocenters. The van der Waals surface area contributed by atoms with Crippen LogP contribution in [0.25, 0.3) is 0 Å². The number of hydrogen-bond acceptors (Lipinski definition) is 3. The molecule has 4 fully saturated rings. The van der Waals surface area contributed by atoms with Gasteiger partial charge in [-0.3, -0.25) is 9.59 Å². The molecule has 0 spiro atoms. The Balaban J connectivity index is 1.49. The third-order valence-corrected chi connectivity index (χ3v) is 10.3. The molecular formula is C25H40O3. The quantitative estimate of drug-likeness (QED) is 0.571. The second kappa shape index (κ2) is 7.43. The summed E-state index contributed by atoms with van der Waals surface area (Å²) in [5.41, 5.74) is 0.858. The van der Waals surface area contributed by atoms with E-state index in [0.29, 0.717) is 34.9 Å². The van der Waals surface area contributed by atoms with E-state index < -0.39 is 0 Å². The third kappa shape index (κ3) is 3.16. The molecule has 3 heteroatoms. The van der Waals surface area contributed by atoms with Crippen LogP contribution in [0.1, 0.15) is 91.4 Å². The SMILES string of the molecule is COC(=O)CC[C@H](C)[C@H]1CC[C@@H]2[C@@H]3CC[C@@H]4CC(=O)CC[C@]4(C)[C@H]3CC[C@@]21C. The van der Waals surface area contributed by atoms with E-state index >= 15 is 0 Å². The van der Waals surface area contributed by atoms with Crippen LogP contribution in [0.4, 0.5) is 0 Å². The minimum absolute atomic E-state index is 0.0617. The molecule has 0 aliphatic heterocycles. The Bertz CT molecular complexity index is 627. The van der Waals surface area contributed by atoms with Crippen LogP contribution < -0.4 is 0 Å². The highest BCUT2D eigenvalue weighted by atomic mass is 16.5. The van der Waals surface area contributed by atoms with Gasteiger partial charge in [-0.2, -0.15) is 0 Å². The fraction of sp³-hybridized carbons (Fsp3) is 0.920. The molecule has 0 aromatic carbocycles. The lowest BCUT2D eigenvalue weighted by molar-refractivity contribution is -0.141. The van der Waals surface area contributed by atoms with E-state index in [2.05, 4.69) is 20.8 Å². The molecule has 3 nitrogen and oxygen atoms in total. The van der Waals surface area contributed by atoms with Crippen molar-refractivity contribution >= 4 is 11.8 Å². The summed E-state index contributed by atoms with van der Waals surface area (Å²) >= 11 is 0. The first-order valence-electron chi connectivity index (χ1n) is 11.9. The van der Waals surface area contributed by atoms with Crippen LogP contribution in [0.3, 0.4) is 0 Å². The van der Waals surface area contributed by atoms with E-state index in [-0.39, 0.29) is 5.97 Å². The first-order valence-corrected chi connectivity index (χ1v) is 11.9. The second-order valence-electron chi connectivity index (χ2n) is 11.2. The van der Waals surface area contributed by atoms with Crippen LogP contribution in [0.15, 0.2) is 0 Å². The van der Waals surface area contributed by atoms with Gasteiger partial charge in [-0.25, -0.2) is 0 Å². The lowest BCUT2D eigenvalue weighted by Gasteiger charge is -2.60. The highest BCUT2D eigenvalue weighted by molar-refractivity contribution is 5.79. The van der Waals surface area contributed by atoms with Crippen molar-refractivity contribution in [1.29, 1.82) is 0 Å². The van der Waals surface area contributed by atoms with Gasteiger partial charge in [-0.05, 0) is 97.7 Å². The lowest BCUT2D eigenvalue weighted by Crippen LogP contribution is -2.53. The Morgan fingerprint density at radius 3 is 2.57 bits per heavy atom. The standard InChI is InChI=1S/C25H40O3/c1-16(5-10-23(27)28-4)20-8-9-21-19-7-6-17-15-18(26)11-13-24(17,2)22(19)12-14-25(20,21)3/h16-17,19-22H,5-15H2,1-4H3/t16-,17+,19-,20+,21+,22-,24-,25+/m0/s1. The molecule has 4 rings (SSSR count). The molecule has 0 aromatic heterocycles. The number of carbonyl (C=O) groups excluding carboxylic acids is 2. The maximum absolute atomic E-state index is 12.1. The molecule has 28 heavy (non-hydrogen) atoms. The molecule has 0 N–H and O–H groups in total. The molecule has 0 saturated heterocycles. The molecule has 0 unspecified atom stereocenters. The van der Waals surface area contributed by atoms with Gasteiger partial charge in [0.2, 0.25) is 0 Å². The van der Waals surface area contributed by atoms with Crippen molar-refractivity contribution in [1.82, 2.24) is 0 Å². The summed E-state index contributed by atoms with van der Waals surface area (Å²) in [4.78, 5) is 23.7. The van der Waals surface area contributed by atoms with Crippen LogP contribution in [-0.4, -0.2) is 18.9 Å². The van der Waals surface area contributed by atoms with Gasteiger partial charge in [0.25, 0.3) is 0 Å². The molecule has 4 aliphatic rings. The fourth-order valence-electron chi connectivity index (χ4n) is 8.67. The average Bonchev–Trinajstić information content (AvgIpc) is 3.03. The van der Waals surface area contributed by atoms with E-state index in [1.807, 2.05) is 0 Å². The van der Waals surface area contributed by atoms with E-state index in [9.17, 15) is 9.59 Å². The average molecular weight is 389 g/mol. The number of ketones is 1. The lowest BCUT2D eigenvalue weighted by atomic mass is 9.44. The number of hydrogen-bond donors (Lipinski definition) is 0. The molecule has 0 heterocycles. The van der Waals surface area contributed by atoms with E-state index in [1.54, 1.807) is 0 Å². The summed E-state index contributed by atoms with van der Waals surface area (Å²) in [7, 11) is 1.50. The molecule has 0 aromatic rings. The van der Waals surface area contributed by atoms with Crippen LogP contribution in [-0.2, 0) is 14.3 Å². The van der Waals surface area contributed by atoms with Crippen molar-refractivity contribution in [3.05, 3.63) is 0 Å². The smallest absolute Gasteiger partial charge is 0.305 e. The maximum atomic E-state index is 12.1. The summed E-state index contributed by atoms with van der Waals surface area (Å²) in [6.07, 6.45) is 12.4. The van der Waals surface area contributed by atoms with Crippen LogP contribution in [0.5, 0.6) is 0 Å². The van der Waals surface area contributed by atoms with Crippen LogP contribution in [0, 0.1) is 46.3 Å². The third-order valence-electron chi connectivity index (χ3n) is 10.3. The Morgan fingerprint density at radius 2 is 1.82 bits per heavy atom. The van der Waals surface area contributed by atoms with Gasteiger partial charge in [0.15, 0.2) is 0 Å². The van der Waals surface area contributed by atoms with Gasteiger partial charge in [0, 0.05) is 19.3 Å². The van der Waals surface area contributed by atoms with Crippen molar-refractivity contribution in [3.63, 3.8) is 0 Å². The van der Waals surface area contributed by atoms with E-state index in [4.69, 9.17) is 4.74 Å². The fourth-order valence-corrected chi connectivity index (χ4v) is 8.67. The monoisotopic (exact) mass is 388 g/mol. The summed E-state index contributed by atoms with van der Waals surface area (Å²) < 4.78 is 4.87. The Morgan fingerprint density at radius 1 is 1.07 bits per heavy atom. The number of carbonyl (C=O) groups is 2. The Hall–Kier alpha value is -0.860. The van der Waals surface area contributed by atoms with Crippen molar-refractivity contribution in [2.24, 2.45) is 46.3 Å². The number of Topliss-reactive ketones (excluding diaryl/α,β-unsaturated/α-hetero) is 1. The number of rotatable bonds is 4. The van der Waals surface area contributed by atoms with Gasteiger partial charge in [-0.15, -0.1) is 0 Å². The summed E-state index contributed by atoms with van der Waals surface area (Å²) in [6, 6.07) is 0. The Labute approximate surface area is 171 Å². The minimum atomic E-state index is -0.0617. The highest BCUT2D eigenvalue weighted by Crippen LogP contribution is 2.68. The number of esters is 1. The van der Waals surface area contributed by atoms with Gasteiger partial charge < -0.3 is 4.74 Å². The molecule has 4 saturated carbocycles. The number of methoxy groups -OCH3 is 1. The summed E-state index contributed by atoms with van der Waals surface area (Å²) in [5.74, 6) is 5.01. The van der Waals surface area contributed by atoms with E-state index in [1.165, 1.54) is 45.6 Å². The predicted octanol–water partition coefficient (Wildman–Crippen LogP) is 5.80. The van der Waals surface area contributed by atoms with Gasteiger partial charge in [-0.1, -0.05) is 20.8 Å². The van der Waals surface area contributed by atoms with Gasteiger partial charge in [0.1, 0.15) is 5.78 Å². The molecule has 0 bridgehead atoms. The number of ether oxygens (including phenoxy) is 1. The molecule has 158 valence electrons. The zero-order chi connectivity index (χ0) is 20.1. The first-order chi connectivity index (χ1) is 13.3. The Kier molecular flexibility index (Phi) is 5.42. The summed E-state index contributed by atoms with van der Waals surface area (Å²) in [6.45, 7) is 7.49. The van der Waals surface area contributed by atoms with Crippen molar-refractivity contribution in [2.45, 2.75) is 91.4 Å². The van der Waals surface area contributed by atoms with Crippen molar-refractivity contribution in [2.75, 3.05) is 7.11 Å². The van der Waals surface area contributed by atoms with Crippen molar-refractivity contribution in [3.8, 4) is 0 Å². The molecule has 4 aliphatic carbocycles. The second-order valence-corrected chi connectivity index (χ2v) is 11.2. The largest absolute Gasteiger partial charge is 0.469 e. The normalized spacial score (nSPS) is 46.3. The topological polar surface area (TPSA) is 43.4 Å². The van der Waals surface area contributed by atoms with Crippen LogP contribution >= 0.6 is 0 Å². The molecule has 0 amide bonds. The maximum Gasteiger partial charge on any atom is 0.305 e. The van der Waals surface area contributed by atoms with E-state index in [0.717, 1.165) is 49.4 Å². The highest BCUT2D eigenvalue weighted by Gasteiger charge is 2.60. The van der Waals surface area contributed by atoms with Crippen LogP contribution in [0.2, 0.25) is 0 Å². The van der Waals surface area contributed by atoms with Gasteiger partial charge in [0.05, 0.1) is 7.11 Å². The zero-order valence-corrected chi connectivity index (χ0v) is 18.5. The predicted molar refractivity (Wildman–Crippen MR) is 111 cm³/mol. The van der Waals surface area contributed by atoms with Gasteiger partial charge >= 0.3 is 5.97 Å². The molecular weight excluding hydrogens is 348 g/mol. The zero-order valence-electron chi connectivity index (χ0n) is 18.5. The first kappa shape index (κ1) is 20.4.